The van der Waals surface area contributed by atoms with Crippen LogP contribution in [0.4, 0.5) is 17.1 Å². The van der Waals surface area contributed by atoms with Gasteiger partial charge in [-0.25, -0.2) is 0 Å². The van der Waals surface area contributed by atoms with Crippen LogP contribution in [0.1, 0.15) is 22.3 Å². The lowest BCUT2D eigenvalue weighted by molar-refractivity contribution is 0.768. The van der Waals surface area contributed by atoms with Crippen molar-refractivity contribution < 1.29 is 0 Å². The Bertz CT molecular complexity index is 2740. The third kappa shape index (κ3) is 5.48. The number of fused-ring (bicyclic) bond motifs is 3. The van der Waals surface area contributed by atoms with Crippen LogP contribution in [-0.4, -0.2) is 0 Å². The number of rotatable bonds is 8. The maximum Gasteiger partial charge on any atom is 0.0713 e. The van der Waals surface area contributed by atoms with E-state index in [1.807, 2.05) is 0 Å². The molecule has 264 valence electrons. The fraction of sp³-hybridized carbons (Fsp3) is 0.0182. The number of nitrogens with zero attached hydrogens (tertiary/aromatic N) is 1. The molecule has 9 aromatic carbocycles. The number of hydrogen-bond acceptors (Lipinski definition) is 1. The molecule has 56 heavy (non-hydrogen) atoms. The molecule has 1 nitrogen and oxygen atoms in total. The topological polar surface area (TPSA) is 3.24 Å². The predicted octanol–water partition coefficient (Wildman–Crippen LogP) is 14.5. The first kappa shape index (κ1) is 33.4. The van der Waals surface area contributed by atoms with Gasteiger partial charge in [0, 0.05) is 16.9 Å². The lowest BCUT2D eigenvalue weighted by Crippen LogP contribution is -2.28. The smallest absolute Gasteiger partial charge is 0.0713 e. The summed E-state index contributed by atoms with van der Waals surface area (Å²) in [4.78, 5) is 2.46. The summed E-state index contributed by atoms with van der Waals surface area (Å²) in [6, 6.07) is 86.2. The summed E-state index contributed by atoms with van der Waals surface area (Å²) in [5.41, 5.74) is 17.6. The Morgan fingerprint density at radius 1 is 0.286 bits per heavy atom. The molecule has 10 rings (SSSR count). The molecule has 0 unspecified atom stereocenters. The highest BCUT2D eigenvalue weighted by molar-refractivity contribution is 6.01. The number of hydrogen-bond donors (Lipinski definition) is 0. The van der Waals surface area contributed by atoms with Crippen LogP contribution < -0.4 is 4.90 Å². The fourth-order valence-electron chi connectivity index (χ4n) is 9.02. The molecule has 0 aliphatic heterocycles. The van der Waals surface area contributed by atoms with Crippen LogP contribution in [0, 0.1) is 0 Å². The minimum absolute atomic E-state index is 0.461. The second-order valence-electron chi connectivity index (χ2n) is 14.4. The molecule has 1 aliphatic carbocycles. The summed E-state index contributed by atoms with van der Waals surface area (Å²) in [6.45, 7) is 0. The van der Waals surface area contributed by atoms with E-state index in [1.54, 1.807) is 0 Å². The Morgan fingerprint density at radius 3 is 1.38 bits per heavy atom. The zero-order valence-electron chi connectivity index (χ0n) is 31.0. The van der Waals surface area contributed by atoms with E-state index in [2.05, 4.69) is 241 Å². The molecule has 0 saturated carbocycles. The second kappa shape index (κ2) is 14.2. The first-order valence-electron chi connectivity index (χ1n) is 19.4. The zero-order chi connectivity index (χ0) is 37.3. The van der Waals surface area contributed by atoms with Gasteiger partial charge in [0.15, 0.2) is 0 Å². The van der Waals surface area contributed by atoms with Crippen LogP contribution >= 0.6 is 0 Å². The van der Waals surface area contributed by atoms with Crippen LogP contribution in [0.25, 0.3) is 44.5 Å². The molecule has 0 spiro atoms. The average molecular weight is 714 g/mol. The first-order chi connectivity index (χ1) is 27.8. The monoisotopic (exact) mass is 713 g/mol. The molecule has 0 bridgehead atoms. The standard InChI is InChI=1S/C55H39N/c1-6-21-40(22-7-1)46-31-16-17-33-49(46)54-47(41-23-8-2-9-24-41)34-20-36-53(54)56(44-29-14-5-15-30-44)45-37-38-52-50(39-45)48-32-18-19-35-51(48)55(52,42-25-10-3-11-26-42)43-27-12-4-13-28-43/h1-39H. The molecule has 1 aliphatic rings. The van der Waals surface area contributed by atoms with E-state index in [-0.39, 0.29) is 0 Å². The van der Waals surface area contributed by atoms with E-state index in [0.717, 1.165) is 17.1 Å². The Kier molecular flexibility index (Phi) is 8.46. The highest BCUT2D eigenvalue weighted by atomic mass is 15.1. The van der Waals surface area contributed by atoms with Gasteiger partial charge in [0.25, 0.3) is 0 Å². The first-order valence-corrected chi connectivity index (χ1v) is 19.4. The number of para-hydroxylation sites is 1. The van der Waals surface area contributed by atoms with Crippen molar-refractivity contribution in [3.05, 3.63) is 259 Å². The normalized spacial score (nSPS) is 12.4. The van der Waals surface area contributed by atoms with Crippen molar-refractivity contribution in [2.75, 3.05) is 4.90 Å². The Morgan fingerprint density at radius 2 is 0.750 bits per heavy atom. The molecule has 0 heterocycles. The van der Waals surface area contributed by atoms with Gasteiger partial charge in [-0.05, 0) is 91.5 Å². The minimum atomic E-state index is -0.461. The maximum atomic E-state index is 2.46. The molecule has 0 N–H and O–H groups in total. The van der Waals surface area contributed by atoms with Gasteiger partial charge in [-0.2, -0.15) is 0 Å². The molecule has 0 amide bonds. The molecule has 0 fully saturated rings. The van der Waals surface area contributed by atoms with Crippen LogP contribution in [0.2, 0.25) is 0 Å². The van der Waals surface area contributed by atoms with Gasteiger partial charge in [0.2, 0.25) is 0 Å². The van der Waals surface area contributed by atoms with E-state index >= 15 is 0 Å². The zero-order valence-corrected chi connectivity index (χ0v) is 31.0. The highest BCUT2D eigenvalue weighted by Gasteiger charge is 2.46. The molecule has 0 saturated heterocycles. The van der Waals surface area contributed by atoms with E-state index in [9.17, 15) is 0 Å². The van der Waals surface area contributed by atoms with Gasteiger partial charge >= 0.3 is 0 Å². The summed E-state index contributed by atoms with van der Waals surface area (Å²) in [7, 11) is 0. The minimum Gasteiger partial charge on any atom is -0.310 e. The van der Waals surface area contributed by atoms with E-state index in [1.165, 1.54) is 66.8 Å². The van der Waals surface area contributed by atoms with Crippen molar-refractivity contribution >= 4 is 17.1 Å². The summed E-state index contributed by atoms with van der Waals surface area (Å²) in [5, 5.41) is 0. The van der Waals surface area contributed by atoms with Gasteiger partial charge in [0.05, 0.1) is 11.1 Å². The molecular weight excluding hydrogens is 675 g/mol. The van der Waals surface area contributed by atoms with E-state index in [0.29, 0.717) is 0 Å². The molecule has 0 aromatic heterocycles. The summed E-state index contributed by atoms with van der Waals surface area (Å²) in [5.74, 6) is 0. The van der Waals surface area contributed by atoms with Crippen LogP contribution in [-0.2, 0) is 5.41 Å². The Hall–Kier alpha value is -7.22. The molecule has 9 aromatic rings. The molecule has 0 radical (unpaired) electrons. The molecular formula is C55H39N. The van der Waals surface area contributed by atoms with Crippen LogP contribution in [0.15, 0.2) is 237 Å². The second-order valence-corrected chi connectivity index (χ2v) is 14.4. The van der Waals surface area contributed by atoms with Crippen molar-refractivity contribution in [1.29, 1.82) is 0 Å². The molecule has 0 atom stereocenters. The van der Waals surface area contributed by atoms with Gasteiger partial charge in [-0.3, -0.25) is 0 Å². The van der Waals surface area contributed by atoms with Crippen molar-refractivity contribution in [2.45, 2.75) is 5.41 Å². The third-order valence-corrected chi connectivity index (χ3v) is 11.4. The van der Waals surface area contributed by atoms with Crippen LogP contribution in [0.3, 0.4) is 0 Å². The Balaban J connectivity index is 1.26. The summed E-state index contributed by atoms with van der Waals surface area (Å²) < 4.78 is 0. The van der Waals surface area contributed by atoms with Gasteiger partial charge in [0.1, 0.15) is 0 Å². The van der Waals surface area contributed by atoms with E-state index < -0.39 is 5.41 Å². The fourth-order valence-corrected chi connectivity index (χ4v) is 9.02. The highest BCUT2D eigenvalue weighted by Crippen LogP contribution is 2.57. The van der Waals surface area contributed by atoms with Crippen molar-refractivity contribution in [2.24, 2.45) is 0 Å². The maximum absolute atomic E-state index is 2.46. The lowest BCUT2D eigenvalue weighted by Gasteiger charge is -2.34. The Labute approximate surface area is 329 Å². The largest absolute Gasteiger partial charge is 0.310 e. The van der Waals surface area contributed by atoms with Crippen molar-refractivity contribution in [1.82, 2.24) is 0 Å². The summed E-state index contributed by atoms with van der Waals surface area (Å²) >= 11 is 0. The summed E-state index contributed by atoms with van der Waals surface area (Å²) in [6.07, 6.45) is 0. The lowest BCUT2D eigenvalue weighted by atomic mass is 9.68. The van der Waals surface area contributed by atoms with E-state index in [4.69, 9.17) is 0 Å². The van der Waals surface area contributed by atoms with Crippen LogP contribution in [0.5, 0.6) is 0 Å². The van der Waals surface area contributed by atoms with Gasteiger partial charge in [-0.15, -0.1) is 0 Å². The average Bonchev–Trinajstić information content (AvgIpc) is 3.58. The quantitative estimate of drug-likeness (QED) is 0.152. The van der Waals surface area contributed by atoms with Crippen molar-refractivity contribution in [3.63, 3.8) is 0 Å². The third-order valence-electron chi connectivity index (χ3n) is 11.4. The predicted molar refractivity (Wildman–Crippen MR) is 235 cm³/mol. The van der Waals surface area contributed by atoms with Gasteiger partial charge < -0.3 is 4.90 Å². The number of anilines is 3. The molecule has 1 heteroatoms. The number of benzene rings is 9. The van der Waals surface area contributed by atoms with Gasteiger partial charge in [-0.1, -0.05) is 206 Å². The SMILES string of the molecule is c1ccc(-c2ccccc2-c2c(-c3ccccc3)cccc2N(c2ccccc2)c2ccc3c(c2)-c2ccccc2C3(c2ccccc2)c2ccccc2)cc1. The van der Waals surface area contributed by atoms with Crippen molar-refractivity contribution in [3.8, 4) is 44.5 Å².